The summed E-state index contributed by atoms with van der Waals surface area (Å²) in [5.41, 5.74) is 1.92. The predicted molar refractivity (Wildman–Crippen MR) is 95.6 cm³/mol. The van der Waals surface area contributed by atoms with Gasteiger partial charge in [-0.2, -0.15) is 0 Å². The van der Waals surface area contributed by atoms with E-state index in [2.05, 4.69) is 15.2 Å². The van der Waals surface area contributed by atoms with E-state index in [4.69, 9.17) is 4.74 Å². The Labute approximate surface area is 146 Å². The Morgan fingerprint density at radius 3 is 2.72 bits per heavy atom. The van der Waals surface area contributed by atoms with Crippen LogP contribution < -0.4 is 10.2 Å². The summed E-state index contributed by atoms with van der Waals surface area (Å²) >= 11 is 0. The van der Waals surface area contributed by atoms with Gasteiger partial charge in [-0.1, -0.05) is 12.1 Å². The highest BCUT2D eigenvalue weighted by atomic mass is 16.5. The molecule has 2 heterocycles. The molecule has 130 valence electrons. The van der Waals surface area contributed by atoms with Gasteiger partial charge in [0.2, 0.25) is 5.91 Å². The topological polar surface area (TPSA) is 71.5 Å². The van der Waals surface area contributed by atoms with Gasteiger partial charge in [-0.25, -0.2) is 4.79 Å². The number of hydrogen-bond donors (Lipinski definition) is 1. The van der Waals surface area contributed by atoms with Crippen molar-refractivity contribution in [1.82, 2.24) is 4.98 Å². The molecule has 1 atom stereocenters. The number of para-hydroxylation sites is 1. The molecule has 2 aromatic rings. The van der Waals surface area contributed by atoms with Gasteiger partial charge in [-0.3, -0.25) is 9.78 Å². The van der Waals surface area contributed by atoms with Crippen molar-refractivity contribution in [3.05, 3.63) is 54.4 Å². The lowest BCUT2D eigenvalue weighted by molar-refractivity contribution is -0.120. The molecule has 1 unspecified atom stereocenters. The molecule has 1 aliphatic heterocycles. The molecule has 0 spiro atoms. The van der Waals surface area contributed by atoms with Crippen LogP contribution in [0.3, 0.4) is 0 Å². The number of amides is 1. The smallest absolute Gasteiger partial charge is 0.339 e. The Hall–Kier alpha value is -2.89. The summed E-state index contributed by atoms with van der Waals surface area (Å²) in [5.74, 6) is -0.666. The normalized spacial score (nSPS) is 17.0. The van der Waals surface area contributed by atoms with Gasteiger partial charge in [0.1, 0.15) is 0 Å². The molecule has 1 saturated heterocycles. The van der Waals surface area contributed by atoms with E-state index in [0.29, 0.717) is 17.8 Å². The van der Waals surface area contributed by atoms with E-state index in [-0.39, 0.29) is 11.8 Å². The second kappa shape index (κ2) is 7.79. The summed E-state index contributed by atoms with van der Waals surface area (Å²) in [5, 5.41) is 2.89. The van der Waals surface area contributed by atoms with Crippen molar-refractivity contribution in [1.29, 1.82) is 0 Å². The molecule has 6 nitrogen and oxygen atoms in total. The lowest BCUT2D eigenvalue weighted by Crippen LogP contribution is -2.40. The standard InChI is InChI=1S/C19H21N3O3/c1-25-19(24)16-6-2-3-7-17(16)21-18(23)14-5-4-12-22(13-14)15-8-10-20-11-9-15/h2-3,6-11,14H,4-5,12-13H2,1H3,(H,21,23). The highest BCUT2D eigenvalue weighted by Gasteiger charge is 2.27. The number of methoxy groups -OCH3 is 1. The number of rotatable bonds is 4. The van der Waals surface area contributed by atoms with Gasteiger partial charge < -0.3 is 15.0 Å². The fourth-order valence-corrected chi connectivity index (χ4v) is 3.10. The number of aromatic nitrogens is 1. The maximum atomic E-state index is 12.7. The minimum Gasteiger partial charge on any atom is -0.465 e. The number of hydrogen-bond acceptors (Lipinski definition) is 5. The molecular formula is C19H21N3O3. The van der Waals surface area contributed by atoms with Crippen molar-refractivity contribution in [2.24, 2.45) is 5.92 Å². The first-order chi connectivity index (χ1) is 12.2. The van der Waals surface area contributed by atoms with Crippen LogP contribution in [-0.2, 0) is 9.53 Å². The van der Waals surface area contributed by atoms with Gasteiger partial charge in [-0.15, -0.1) is 0 Å². The minimum absolute atomic E-state index is 0.0740. The maximum absolute atomic E-state index is 12.7. The Morgan fingerprint density at radius 2 is 1.96 bits per heavy atom. The van der Waals surface area contributed by atoms with Crippen LogP contribution in [0.1, 0.15) is 23.2 Å². The fraction of sp³-hybridized carbons (Fsp3) is 0.316. The lowest BCUT2D eigenvalue weighted by Gasteiger charge is -2.33. The highest BCUT2D eigenvalue weighted by Crippen LogP contribution is 2.24. The second-order valence-corrected chi connectivity index (χ2v) is 6.02. The van der Waals surface area contributed by atoms with Crippen molar-refractivity contribution in [2.75, 3.05) is 30.4 Å². The first kappa shape index (κ1) is 17.0. The molecule has 1 aromatic carbocycles. The zero-order chi connectivity index (χ0) is 17.6. The number of esters is 1. The molecule has 1 aliphatic rings. The van der Waals surface area contributed by atoms with E-state index in [1.165, 1.54) is 7.11 Å². The van der Waals surface area contributed by atoms with E-state index < -0.39 is 5.97 Å². The first-order valence-electron chi connectivity index (χ1n) is 8.32. The van der Waals surface area contributed by atoms with Crippen molar-refractivity contribution < 1.29 is 14.3 Å². The van der Waals surface area contributed by atoms with Crippen LogP contribution in [0.15, 0.2) is 48.8 Å². The van der Waals surface area contributed by atoms with Gasteiger partial charge >= 0.3 is 5.97 Å². The van der Waals surface area contributed by atoms with Crippen LogP contribution >= 0.6 is 0 Å². The third-order valence-corrected chi connectivity index (χ3v) is 4.41. The number of nitrogens with zero attached hydrogens (tertiary/aromatic N) is 2. The molecule has 0 aliphatic carbocycles. The molecular weight excluding hydrogens is 318 g/mol. The van der Waals surface area contributed by atoms with Crippen LogP contribution in [-0.4, -0.2) is 37.1 Å². The lowest BCUT2D eigenvalue weighted by atomic mass is 9.96. The maximum Gasteiger partial charge on any atom is 0.339 e. The van der Waals surface area contributed by atoms with Gasteiger partial charge in [0.05, 0.1) is 24.3 Å². The molecule has 25 heavy (non-hydrogen) atoms. The van der Waals surface area contributed by atoms with Crippen LogP contribution in [0, 0.1) is 5.92 Å². The van der Waals surface area contributed by atoms with Crippen LogP contribution in [0.25, 0.3) is 0 Å². The zero-order valence-corrected chi connectivity index (χ0v) is 14.1. The van der Waals surface area contributed by atoms with Gasteiger partial charge in [-0.05, 0) is 37.1 Å². The largest absolute Gasteiger partial charge is 0.465 e. The Bertz CT molecular complexity index is 749. The summed E-state index contributed by atoms with van der Waals surface area (Å²) in [4.78, 5) is 30.8. The zero-order valence-electron chi connectivity index (χ0n) is 14.1. The molecule has 1 aromatic heterocycles. The average molecular weight is 339 g/mol. The highest BCUT2D eigenvalue weighted by molar-refractivity contribution is 6.02. The van der Waals surface area contributed by atoms with Crippen molar-refractivity contribution >= 4 is 23.3 Å². The van der Waals surface area contributed by atoms with Crippen LogP contribution in [0.4, 0.5) is 11.4 Å². The van der Waals surface area contributed by atoms with Crippen molar-refractivity contribution in [2.45, 2.75) is 12.8 Å². The van der Waals surface area contributed by atoms with E-state index >= 15 is 0 Å². The number of carbonyl (C=O) groups excluding carboxylic acids is 2. The average Bonchev–Trinajstić information content (AvgIpc) is 2.68. The van der Waals surface area contributed by atoms with Crippen molar-refractivity contribution in [3.8, 4) is 0 Å². The quantitative estimate of drug-likeness (QED) is 0.867. The summed E-state index contributed by atoms with van der Waals surface area (Å²) in [7, 11) is 1.33. The van der Waals surface area contributed by atoms with Gasteiger partial charge in [0.15, 0.2) is 0 Å². The Balaban J connectivity index is 1.70. The molecule has 0 radical (unpaired) electrons. The first-order valence-corrected chi connectivity index (χ1v) is 8.32. The third-order valence-electron chi connectivity index (χ3n) is 4.41. The molecule has 0 saturated carbocycles. The predicted octanol–water partition coefficient (Wildman–Crippen LogP) is 2.72. The number of pyridine rings is 1. The number of anilines is 2. The van der Waals surface area contributed by atoms with Crippen molar-refractivity contribution in [3.63, 3.8) is 0 Å². The number of ether oxygens (including phenoxy) is 1. The minimum atomic E-state index is -0.460. The van der Waals surface area contributed by atoms with Crippen LogP contribution in [0.5, 0.6) is 0 Å². The molecule has 1 N–H and O–H groups in total. The van der Waals surface area contributed by atoms with Gasteiger partial charge in [0, 0.05) is 31.2 Å². The van der Waals surface area contributed by atoms with E-state index in [9.17, 15) is 9.59 Å². The summed E-state index contributed by atoms with van der Waals surface area (Å²) < 4.78 is 4.77. The Kier molecular flexibility index (Phi) is 5.28. The molecule has 0 bridgehead atoms. The van der Waals surface area contributed by atoms with E-state index in [0.717, 1.165) is 25.1 Å². The number of benzene rings is 1. The summed E-state index contributed by atoms with van der Waals surface area (Å²) in [6.07, 6.45) is 5.28. The number of piperidine rings is 1. The second-order valence-electron chi connectivity index (χ2n) is 6.02. The molecule has 1 amide bonds. The summed E-state index contributed by atoms with van der Waals surface area (Å²) in [6.45, 7) is 1.57. The molecule has 6 heteroatoms. The number of carbonyl (C=O) groups is 2. The van der Waals surface area contributed by atoms with Gasteiger partial charge in [0.25, 0.3) is 0 Å². The third kappa shape index (κ3) is 3.96. The fourth-order valence-electron chi connectivity index (χ4n) is 3.10. The molecule has 3 rings (SSSR count). The molecule has 1 fully saturated rings. The number of nitrogens with one attached hydrogen (secondary N) is 1. The summed E-state index contributed by atoms with van der Waals surface area (Å²) in [6, 6.07) is 10.8. The SMILES string of the molecule is COC(=O)c1ccccc1NC(=O)C1CCCN(c2ccncc2)C1. The Morgan fingerprint density at radius 1 is 1.20 bits per heavy atom. The monoisotopic (exact) mass is 339 g/mol. The van der Waals surface area contributed by atoms with E-state index in [1.807, 2.05) is 12.1 Å². The van der Waals surface area contributed by atoms with E-state index in [1.54, 1.807) is 36.7 Å². The van der Waals surface area contributed by atoms with Crippen LogP contribution in [0.2, 0.25) is 0 Å².